The van der Waals surface area contributed by atoms with Crippen molar-refractivity contribution in [2.45, 2.75) is 5.79 Å². The molecule has 0 amide bonds. The number of phosphoric acid groups is 1. The van der Waals surface area contributed by atoms with Gasteiger partial charge in [0.2, 0.25) is 0 Å². The highest BCUT2D eigenvalue weighted by Crippen LogP contribution is 2.40. The minimum Gasteiger partial charge on any atom is -0.477 e. The van der Waals surface area contributed by atoms with Crippen molar-refractivity contribution in [2.75, 3.05) is 6.61 Å². The summed E-state index contributed by atoms with van der Waals surface area (Å²) in [5.41, 5.74) is 0. The number of carboxylic acids is 1. The molecule has 0 spiro atoms. The van der Waals surface area contributed by atoms with Gasteiger partial charge in [0.05, 0.1) is 0 Å². The Labute approximate surface area is 66.3 Å². The van der Waals surface area contributed by atoms with Crippen LogP contribution in [0.3, 0.4) is 0 Å². The van der Waals surface area contributed by atoms with E-state index in [1.165, 1.54) is 0 Å². The van der Waals surface area contributed by atoms with Crippen LogP contribution < -0.4 is 0 Å². The molecule has 9 heteroatoms. The van der Waals surface area contributed by atoms with Crippen LogP contribution in [0.4, 0.5) is 0 Å². The Kier molecular flexibility index (Phi) is 3.34. The molecule has 0 aromatic carbocycles. The third-order valence-electron chi connectivity index (χ3n) is 0.818. The van der Waals surface area contributed by atoms with Crippen LogP contribution in [0.2, 0.25) is 0 Å². The maximum absolute atomic E-state index is 10.1. The van der Waals surface area contributed by atoms with Gasteiger partial charge in [-0.2, -0.15) is 0 Å². The minimum atomic E-state index is -5.15. The molecule has 0 aliphatic rings. The highest BCUT2D eigenvalue weighted by molar-refractivity contribution is 7.46. The van der Waals surface area contributed by atoms with Crippen molar-refractivity contribution < 1.29 is 39.0 Å². The lowest BCUT2D eigenvalue weighted by Crippen LogP contribution is -2.44. The molecule has 0 rings (SSSR count). The zero-order chi connectivity index (χ0) is 9.99. The maximum atomic E-state index is 10.1. The minimum absolute atomic E-state index is 1.46. The van der Waals surface area contributed by atoms with Crippen LogP contribution in [0.25, 0.3) is 0 Å². The number of aliphatic hydroxyl groups is 2. The van der Waals surface area contributed by atoms with E-state index in [0.29, 0.717) is 0 Å². The van der Waals surface area contributed by atoms with Gasteiger partial charge >= 0.3 is 13.8 Å². The Balaban J connectivity index is 4.57. The topological polar surface area (TPSA) is 145 Å². The van der Waals surface area contributed by atoms with E-state index >= 15 is 0 Å². The normalized spacial score (nSPS) is 17.0. The van der Waals surface area contributed by atoms with E-state index in [-0.39, 0.29) is 0 Å². The van der Waals surface area contributed by atoms with Crippen molar-refractivity contribution in [2.24, 2.45) is 0 Å². The lowest BCUT2D eigenvalue weighted by Gasteiger charge is -2.20. The summed E-state index contributed by atoms with van der Waals surface area (Å²) in [5, 5.41) is 25.0. The van der Waals surface area contributed by atoms with E-state index in [4.69, 9.17) is 25.1 Å². The van der Waals surface area contributed by atoms with Gasteiger partial charge in [-0.25, -0.2) is 13.9 Å². The largest absolute Gasteiger partial charge is 0.477 e. The number of rotatable bonds is 4. The summed E-state index contributed by atoms with van der Waals surface area (Å²) in [6, 6.07) is 0. The number of carbonyl (C=O) groups is 1. The number of hydrogen-bond acceptors (Lipinski definition) is 5. The molecule has 1 atom stereocenters. The fraction of sp³-hybridized carbons (Fsp3) is 0.667. The molecule has 0 heterocycles. The van der Waals surface area contributed by atoms with Gasteiger partial charge in [0, 0.05) is 0 Å². The quantitative estimate of drug-likeness (QED) is 0.256. The summed E-state index contributed by atoms with van der Waals surface area (Å²) in [6.07, 6.45) is 0. The summed E-state index contributed by atoms with van der Waals surface area (Å²) in [5.74, 6) is -5.35. The van der Waals surface area contributed by atoms with Crippen molar-refractivity contribution in [1.82, 2.24) is 0 Å². The van der Waals surface area contributed by atoms with E-state index in [2.05, 4.69) is 4.52 Å². The molecule has 0 saturated heterocycles. The number of phosphoric ester groups is 1. The van der Waals surface area contributed by atoms with E-state index < -0.39 is 26.2 Å². The Morgan fingerprint density at radius 2 is 1.92 bits per heavy atom. The first-order valence-corrected chi connectivity index (χ1v) is 4.07. The van der Waals surface area contributed by atoms with Crippen LogP contribution in [-0.2, 0) is 13.9 Å². The fourth-order valence-corrected chi connectivity index (χ4v) is 0.862. The monoisotopic (exact) mass is 202 g/mol. The van der Waals surface area contributed by atoms with E-state index in [1.54, 1.807) is 0 Å². The molecule has 0 fully saturated rings. The second-order valence-corrected chi connectivity index (χ2v) is 2.99. The first-order valence-electron chi connectivity index (χ1n) is 2.54. The van der Waals surface area contributed by atoms with Crippen LogP contribution in [0.5, 0.6) is 0 Å². The van der Waals surface area contributed by atoms with Crippen molar-refractivity contribution in [3.8, 4) is 0 Å². The van der Waals surface area contributed by atoms with E-state index in [0.717, 1.165) is 0 Å². The third-order valence-corrected chi connectivity index (χ3v) is 1.36. The highest BCUT2D eigenvalue weighted by Gasteiger charge is 2.43. The molecule has 12 heavy (non-hydrogen) atoms. The molecule has 0 bridgehead atoms. The molecule has 0 aliphatic heterocycles. The third kappa shape index (κ3) is 3.26. The molecule has 0 saturated carbocycles. The van der Waals surface area contributed by atoms with Crippen LogP contribution in [0.15, 0.2) is 0 Å². The molecule has 8 nitrogen and oxygen atoms in total. The predicted molar refractivity (Wildman–Crippen MR) is 32.8 cm³/mol. The van der Waals surface area contributed by atoms with Gasteiger partial charge < -0.3 is 25.1 Å². The predicted octanol–water partition coefficient (Wildman–Crippen LogP) is -2.14. The molecule has 0 radical (unpaired) electrons. The van der Waals surface area contributed by atoms with Crippen molar-refractivity contribution in [1.29, 1.82) is 0 Å². The molecule has 0 aromatic heterocycles. The smallest absolute Gasteiger partial charge is 0.472 e. The maximum Gasteiger partial charge on any atom is 0.472 e. The van der Waals surface area contributed by atoms with Gasteiger partial charge in [-0.3, -0.25) is 0 Å². The Morgan fingerprint density at radius 1 is 1.50 bits per heavy atom. The standard InChI is InChI=1S/C3H7O8P/c4-1-3(7,2(5)6)11-12(8,9)10/h4,7H,1H2,(H,5,6)(H2,8,9,10). The Hall–Kier alpha value is -0.500. The molecule has 0 aliphatic carbocycles. The molecule has 0 aromatic rings. The summed E-state index contributed by atoms with van der Waals surface area (Å²) in [7, 11) is -5.15. The Morgan fingerprint density at radius 3 is 2.00 bits per heavy atom. The van der Waals surface area contributed by atoms with Gasteiger partial charge in [-0.15, -0.1) is 0 Å². The average molecular weight is 202 g/mol. The number of aliphatic hydroxyl groups excluding tert-OH is 1. The zero-order valence-corrected chi connectivity index (χ0v) is 6.51. The van der Waals surface area contributed by atoms with E-state index in [9.17, 15) is 9.36 Å². The molecular formula is C3H7O8P. The molecule has 5 N–H and O–H groups in total. The summed E-state index contributed by atoms with van der Waals surface area (Å²) >= 11 is 0. The van der Waals surface area contributed by atoms with Crippen LogP contribution in [0.1, 0.15) is 0 Å². The lowest BCUT2D eigenvalue weighted by molar-refractivity contribution is -0.208. The van der Waals surface area contributed by atoms with Crippen molar-refractivity contribution >= 4 is 13.8 Å². The number of carboxylic acid groups (broad SMARTS) is 1. The molecule has 1 unspecified atom stereocenters. The SMILES string of the molecule is O=C(O)C(O)(CO)OP(=O)(O)O. The van der Waals surface area contributed by atoms with Crippen LogP contribution in [-0.4, -0.2) is 43.5 Å². The summed E-state index contributed by atoms with van der Waals surface area (Å²) in [6.45, 7) is -1.46. The highest BCUT2D eigenvalue weighted by atomic mass is 31.2. The summed E-state index contributed by atoms with van der Waals surface area (Å²) < 4.78 is 13.5. The first kappa shape index (κ1) is 11.5. The van der Waals surface area contributed by atoms with Crippen molar-refractivity contribution in [3.05, 3.63) is 0 Å². The van der Waals surface area contributed by atoms with E-state index in [1.807, 2.05) is 0 Å². The average Bonchev–Trinajstić information content (AvgIpc) is 1.83. The fourth-order valence-electron chi connectivity index (χ4n) is 0.332. The van der Waals surface area contributed by atoms with Crippen LogP contribution in [0, 0.1) is 0 Å². The van der Waals surface area contributed by atoms with Gasteiger partial charge in [-0.05, 0) is 0 Å². The Bertz CT molecular complexity index is 218. The second-order valence-electron chi connectivity index (χ2n) is 1.83. The summed E-state index contributed by atoms with van der Waals surface area (Å²) in [4.78, 5) is 26.2. The molecular weight excluding hydrogens is 195 g/mol. The zero-order valence-electron chi connectivity index (χ0n) is 5.62. The van der Waals surface area contributed by atoms with Gasteiger partial charge in [0.15, 0.2) is 0 Å². The van der Waals surface area contributed by atoms with Gasteiger partial charge in [0.25, 0.3) is 5.79 Å². The van der Waals surface area contributed by atoms with Gasteiger partial charge in [0.1, 0.15) is 6.61 Å². The second kappa shape index (κ2) is 3.48. The lowest BCUT2D eigenvalue weighted by atomic mass is 10.3. The number of hydrogen-bond donors (Lipinski definition) is 5. The van der Waals surface area contributed by atoms with Crippen molar-refractivity contribution in [3.63, 3.8) is 0 Å². The first-order chi connectivity index (χ1) is 5.21. The number of aliphatic carboxylic acids is 1. The van der Waals surface area contributed by atoms with Gasteiger partial charge in [-0.1, -0.05) is 0 Å². The molecule has 72 valence electrons. The van der Waals surface area contributed by atoms with Crippen LogP contribution >= 0.6 is 7.82 Å².